The monoisotopic (exact) mass is 244 g/mol. The van der Waals surface area contributed by atoms with Crippen molar-refractivity contribution in [2.24, 2.45) is 4.99 Å². The second kappa shape index (κ2) is 5.15. The van der Waals surface area contributed by atoms with Gasteiger partial charge in [-0.25, -0.2) is 0 Å². The van der Waals surface area contributed by atoms with Crippen LogP contribution in [0.4, 0.5) is 5.69 Å². The minimum atomic E-state index is 0.953. The second-order valence-electron chi connectivity index (χ2n) is 4.32. The van der Waals surface area contributed by atoms with Crippen molar-refractivity contribution >= 4 is 29.5 Å². The number of benzene rings is 2. The van der Waals surface area contributed by atoms with Crippen molar-refractivity contribution in [3.8, 4) is 11.3 Å². The van der Waals surface area contributed by atoms with Crippen LogP contribution in [0.25, 0.3) is 21.9 Å². The summed E-state index contributed by atoms with van der Waals surface area (Å²) in [6, 6.07) is 16.4. The third-order valence-corrected chi connectivity index (χ3v) is 3.07. The predicted molar refractivity (Wildman–Crippen MR) is 82.4 cm³/mol. The number of nitrogens with zero attached hydrogens (tertiary/aromatic N) is 2. The SMILES string of the molecule is C/C=N/c1cccc(-c2ncbc3ccccc23)c1. The predicted octanol–water partition coefficient (Wildman–Crippen LogP) is 3.96. The minimum absolute atomic E-state index is 0.953. The zero-order chi connectivity index (χ0) is 13.1. The Bertz CT molecular complexity index is 745. The first-order chi connectivity index (χ1) is 9.38. The molecule has 0 aliphatic carbocycles. The van der Waals surface area contributed by atoms with Gasteiger partial charge < -0.3 is 0 Å². The van der Waals surface area contributed by atoms with E-state index >= 15 is 0 Å². The molecule has 0 amide bonds. The summed E-state index contributed by atoms with van der Waals surface area (Å²) >= 11 is 0. The first-order valence-corrected chi connectivity index (χ1v) is 6.31. The Balaban J connectivity index is 2.21. The van der Waals surface area contributed by atoms with Crippen molar-refractivity contribution in [1.29, 1.82) is 0 Å². The van der Waals surface area contributed by atoms with E-state index in [1.54, 1.807) is 6.21 Å². The molecule has 1 aromatic heterocycles. The zero-order valence-electron chi connectivity index (χ0n) is 10.7. The van der Waals surface area contributed by atoms with E-state index in [2.05, 4.69) is 34.2 Å². The molecule has 0 fully saturated rings. The summed E-state index contributed by atoms with van der Waals surface area (Å²) in [5.74, 6) is 0. The maximum absolute atomic E-state index is 4.53. The van der Waals surface area contributed by atoms with Gasteiger partial charge in [-0.05, 0) is 0 Å². The zero-order valence-corrected chi connectivity index (χ0v) is 10.7. The number of aromatic nitrogens is 1. The van der Waals surface area contributed by atoms with Gasteiger partial charge in [0.25, 0.3) is 0 Å². The normalized spacial score (nSPS) is 11.0. The Kier molecular flexibility index (Phi) is 3.19. The molecular formula is C16H13BN2. The van der Waals surface area contributed by atoms with E-state index < -0.39 is 0 Å². The molecule has 0 aliphatic rings. The molecule has 2 nitrogen and oxygen atoms in total. The topological polar surface area (TPSA) is 25.2 Å². The Morgan fingerprint density at radius 3 is 2.89 bits per heavy atom. The molecule has 0 N–H and O–H groups in total. The van der Waals surface area contributed by atoms with Crippen LogP contribution >= 0.6 is 0 Å². The fourth-order valence-electron chi connectivity index (χ4n) is 2.23. The molecule has 0 unspecified atom stereocenters. The number of rotatable bonds is 2. The molecule has 0 bridgehead atoms. The number of aliphatic imine (C=N–C) groups is 1. The van der Waals surface area contributed by atoms with Crippen molar-refractivity contribution in [3.63, 3.8) is 0 Å². The summed E-state index contributed by atoms with van der Waals surface area (Å²) in [4.78, 5) is 8.85. The number of hydrogen-bond acceptors (Lipinski definition) is 2. The van der Waals surface area contributed by atoms with Gasteiger partial charge in [-0.1, -0.05) is 0 Å². The molecule has 0 atom stereocenters. The van der Waals surface area contributed by atoms with Crippen LogP contribution in [-0.2, 0) is 0 Å². The Morgan fingerprint density at radius 1 is 1.11 bits per heavy atom. The summed E-state index contributed by atoms with van der Waals surface area (Å²) < 4.78 is 0. The first kappa shape index (κ1) is 11.8. The fraction of sp³-hybridized carbons (Fsp3) is 0.0625. The van der Waals surface area contributed by atoms with Crippen molar-refractivity contribution in [3.05, 3.63) is 54.6 Å². The van der Waals surface area contributed by atoms with E-state index in [9.17, 15) is 0 Å². The van der Waals surface area contributed by atoms with Gasteiger partial charge in [0.15, 0.2) is 0 Å². The van der Waals surface area contributed by atoms with E-state index in [0.29, 0.717) is 0 Å². The molecule has 3 aromatic rings. The molecule has 19 heavy (non-hydrogen) atoms. The van der Waals surface area contributed by atoms with Gasteiger partial charge >= 0.3 is 112 Å². The van der Waals surface area contributed by atoms with Crippen molar-refractivity contribution in [1.82, 2.24) is 4.98 Å². The van der Waals surface area contributed by atoms with Gasteiger partial charge in [-0.3, -0.25) is 0 Å². The summed E-state index contributed by atoms with van der Waals surface area (Å²) in [5, 5.41) is 2.37. The Morgan fingerprint density at radius 2 is 2.00 bits per heavy atom. The number of hydrogen-bond donors (Lipinski definition) is 0. The quantitative estimate of drug-likeness (QED) is 0.626. The first-order valence-electron chi connectivity index (χ1n) is 6.31. The Labute approximate surface area is 113 Å². The summed E-state index contributed by atoms with van der Waals surface area (Å²) in [5.41, 5.74) is 3.06. The molecule has 0 saturated heterocycles. The average molecular weight is 244 g/mol. The van der Waals surface area contributed by atoms with Crippen molar-refractivity contribution < 1.29 is 0 Å². The van der Waals surface area contributed by atoms with Gasteiger partial charge in [0, 0.05) is 0 Å². The van der Waals surface area contributed by atoms with E-state index in [4.69, 9.17) is 0 Å². The summed E-state index contributed by atoms with van der Waals surface area (Å²) in [6.45, 7) is 3.95. The van der Waals surface area contributed by atoms with Gasteiger partial charge in [-0.15, -0.1) is 0 Å². The van der Waals surface area contributed by atoms with Crippen molar-refractivity contribution in [2.45, 2.75) is 6.92 Å². The van der Waals surface area contributed by atoms with Crippen LogP contribution in [-0.4, -0.2) is 18.1 Å². The Hall–Kier alpha value is -2.29. The molecule has 0 saturated carbocycles. The van der Waals surface area contributed by atoms with Gasteiger partial charge in [0.05, 0.1) is 0 Å². The van der Waals surface area contributed by atoms with Crippen LogP contribution in [0.2, 0.25) is 0 Å². The second-order valence-corrected chi connectivity index (χ2v) is 4.32. The molecule has 90 valence electrons. The van der Waals surface area contributed by atoms with Crippen LogP contribution in [0.1, 0.15) is 6.92 Å². The van der Waals surface area contributed by atoms with E-state index in [1.807, 2.05) is 44.2 Å². The molecule has 3 rings (SSSR count). The van der Waals surface area contributed by atoms with Crippen LogP contribution in [0.5, 0.6) is 0 Å². The average Bonchev–Trinajstić information content (AvgIpc) is 2.47. The molecule has 3 heteroatoms. The van der Waals surface area contributed by atoms with Crippen LogP contribution in [0, 0.1) is 0 Å². The van der Waals surface area contributed by atoms with Gasteiger partial charge in [-0.2, -0.15) is 0 Å². The molecule has 0 spiro atoms. The van der Waals surface area contributed by atoms with Crippen LogP contribution in [0.15, 0.2) is 59.6 Å². The molecule has 0 radical (unpaired) electrons. The van der Waals surface area contributed by atoms with E-state index in [0.717, 1.165) is 16.9 Å². The standard InChI is InChI=1S/C16H13BN2/c1-2-18-13-7-5-6-12(10-13)16-14-8-3-4-9-15(14)17-11-19-16/h2-11H,1H3/b18-2+. The van der Waals surface area contributed by atoms with Crippen LogP contribution in [0.3, 0.4) is 0 Å². The third kappa shape index (κ3) is 2.32. The summed E-state index contributed by atoms with van der Waals surface area (Å²) in [6.07, 6.45) is 3.66. The molecular weight excluding hydrogens is 231 g/mol. The fourth-order valence-corrected chi connectivity index (χ4v) is 2.23. The number of fused-ring (bicyclic) bond motifs is 1. The maximum atomic E-state index is 4.53. The molecule has 0 aliphatic heterocycles. The van der Waals surface area contributed by atoms with Gasteiger partial charge in [0.2, 0.25) is 0 Å². The van der Waals surface area contributed by atoms with Gasteiger partial charge in [0.1, 0.15) is 0 Å². The molecule has 2 aromatic carbocycles. The third-order valence-electron chi connectivity index (χ3n) is 3.07. The van der Waals surface area contributed by atoms with E-state index in [1.165, 1.54) is 10.7 Å². The van der Waals surface area contributed by atoms with Crippen LogP contribution < -0.4 is 0 Å². The van der Waals surface area contributed by atoms with E-state index in [-0.39, 0.29) is 0 Å². The molecule has 1 heterocycles. The van der Waals surface area contributed by atoms with Crippen molar-refractivity contribution in [2.75, 3.05) is 0 Å². The summed E-state index contributed by atoms with van der Waals surface area (Å²) in [7, 11) is 0.